The summed E-state index contributed by atoms with van der Waals surface area (Å²) in [4.78, 5) is 15.5. The van der Waals surface area contributed by atoms with Crippen molar-refractivity contribution in [3.63, 3.8) is 0 Å². The number of nitrogens with zero attached hydrogens (tertiary/aromatic N) is 1. The summed E-state index contributed by atoms with van der Waals surface area (Å²) in [6, 6.07) is 11.3. The van der Waals surface area contributed by atoms with Crippen LogP contribution in [0.25, 0.3) is 6.08 Å². The van der Waals surface area contributed by atoms with Crippen LogP contribution >= 0.6 is 0 Å². The molecule has 0 atom stereocenters. The zero-order valence-electron chi connectivity index (χ0n) is 12.1. The first-order chi connectivity index (χ1) is 10.8. The predicted molar refractivity (Wildman–Crippen MR) is 83.8 cm³/mol. The van der Waals surface area contributed by atoms with Gasteiger partial charge in [-0.25, -0.2) is 4.79 Å². The Hall–Kier alpha value is -2.66. The average molecular weight is 298 g/mol. The molecule has 0 fully saturated rings. The molecular weight excluding hydrogens is 280 g/mol. The van der Waals surface area contributed by atoms with Crippen molar-refractivity contribution in [1.82, 2.24) is 10.3 Å². The standard InChI is InChI=1S/C17H18N2O3/c20-12-16-9-15(10-18-11-16)7-4-8-19-17(21)22-13-14-5-2-1-3-6-14/h1-7,9-11,20H,8,12-13H2,(H,19,21). The number of amides is 1. The number of rotatable bonds is 6. The van der Waals surface area contributed by atoms with E-state index in [1.54, 1.807) is 18.5 Å². The van der Waals surface area contributed by atoms with Gasteiger partial charge in [0.25, 0.3) is 0 Å². The SMILES string of the molecule is O=C(NCC=Cc1cncc(CO)c1)OCc1ccccc1. The van der Waals surface area contributed by atoms with Crippen LogP contribution in [0.4, 0.5) is 4.79 Å². The Bertz CT molecular complexity index is 627. The third-order valence-corrected chi connectivity index (χ3v) is 2.89. The molecule has 0 spiro atoms. The molecule has 0 unspecified atom stereocenters. The van der Waals surface area contributed by atoms with Crippen LogP contribution in [0.5, 0.6) is 0 Å². The molecular formula is C17H18N2O3. The van der Waals surface area contributed by atoms with Crippen molar-refractivity contribution in [3.05, 3.63) is 71.6 Å². The molecule has 1 aromatic carbocycles. The van der Waals surface area contributed by atoms with Crippen LogP contribution in [-0.4, -0.2) is 22.7 Å². The second-order valence-corrected chi connectivity index (χ2v) is 4.63. The Morgan fingerprint density at radius 3 is 2.82 bits per heavy atom. The minimum absolute atomic E-state index is 0.0429. The van der Waals surface area contributed by atoms with Gasteiger partial charge in [-0.15, -0.1) is 0 Å². The smallest absolute Gasteiger partial charge is 0.407 e. The lowest BCUT2D eigenvalue weighted by Gasteiger charge is -2.05. The molecule has 0 bridgehead atoms. The van der Waals surface area contributed by atoms with Crippen LogP contribution < -0.4 is 5.32 Å². The molecule has 0 saturated carbocycles. The van der Waals surface area contributed by atoms with Crippen LogP contribution in [0.1, 0.15) is 16.7 Å². The van der Waals surface area contributed by atoms with Crippen molar-refractivity contribution in [3.8, 4) is 0 Å². The molecule has 114 valence electrons. The van der Waals surface area contributed by atoms with E-state index in [0.717, 1.165) is 16.7 Å². The van der Waals surface area contributed by atoms with Crippen LogP contribution in [0.2, 0.25) is 0 Å². The van der Waals surface area contributed by atoms with Crippen molar-refractivity contribution < 1.29 is 14.6 Å². The first-order valence-corrected chi connectivity index (χ1v) is 6.94. The van der Waals surface area contributed by atoms with E-state index >= 15 is 0 Å². The number of ether oxygens (including phenoxy) is 1. The zero-order valence-corrected chi connectivity index (χ0v) is 12.1. The third-order valence-electron chi connectivity index (χ3n) is 2.89. The van der Waals surface area contributed by atoms with Gasteiger partial charge in [0, 0.05) is 18.9 Å². The number of carbonyl (C=O) groups is 1. The molecule has 1 heterocycles. The van der Waals surface area contributed by atoms with Gasteiger partial charge in [-0.1, -0.05) is 42.5 Å². The molecule has 5 heteroatoms. The lowest BCUT2D eigenvalue weighted by molar-refractivity contribution is 0.141. The van der Waals surface area contributed by atoms with Gasteiger partial charge in [0.1, 0.15) is 6.61 Å². The first kappa shape index (κ1) is 15.7. The van der Waals surface area contributed by atoms with E-state index in [0.29, 0.717) is 6.54 Å². The van der Waals surface area contributed by atoms with Gasteiger partial charge in [0.05, 0.1) is 6.61 Å². The third kappa shape index (κ3) is 5.38. The van der Waals surface area contributed by atoms with E-state index in [1.165, 1.54) is 0 Å². The first-order valence-electron chi connectivity index (χ1n) is 6.94. The van der Waals surface area contributed by atoms with E-state index in [2.05, 4.69) is 10.3 Å². The summed E-state index contributed by atoms with van der Waals surface area (Å²) in [5.74, 6) is 0. The van der Waals surface area contributed by atoms with Gasteiger partial charge in [-0.05, 0) is 22.8 Å². The number of alkyl carbamates (subject to hydrolysis) is 1. The molecule has 0 saturated heterocycles. The molecule has 2 rings (SSSR count). The van der Waals surface area contributed by atoms with Crippen molar-refractivity contribution >= 4 is 12.2 Å². The number of aliphatic hydroxyl groups is 1. The molecule has 22 heavy (non-hydrogen) atoms. The predicted octanol–water partition coefficient (Wildman–Crippen LogP) is 2.51. The van der Waals surface area contributed by atoms with Crippen LogP contribution in [0.3, 0.4) is 0 Å². The van der Waals surface area contributed by atoms with Gasteiger partial charge in [-0.2, -0.15) is 0 Å². The Balaban J connectivity index is 1.71. The zero-order chi connectivity index (χ0) is 15.6. The summed E-state index contributed by atoms with van der Waals surface area (Å²) >= 11 is 0. The van der Waals surface area contributed by atoms with Gasteiger partial charge < -0.3 is 15.2 Å². The summed E-state index contributed by atoms with van der Waals surface area (Å²) < 4.78 is 5.09. The minimum Gasteiger partial charge on any atom is -0.445 e. The molecule has 0 aliphatic carbocycles. The van der Waals surface area contributed by atoms with Gasteiger partial charge in [0.2, 0.25) is 0 Å². The minimum atomic E-state index is -0.462. The Kier molecular flexibility index (Phi) is 6.14. The van der Waals surface area contributed by atoms with E-state index in [4.69, 9.17) is 9.84 Å². The number of aromatic nitrogens is 1. The van der Waals surface area contributed by atoms with Crippen LogP contribution in [-0.2, 0) is 18.0 Å². The highest BCUT2D eigenvalue weighted by molar-refractivity contribution is 5.67. The second kappa shape index (κ2) is 8.59. The number of pyridine rings is 1. The lowest BCUT2D eigenvalue weighted by atomic mass is 10.2. The summed E-state index contributed by atoms with van der Waals surface area (Å²) in [5.41, 5.74) is 2.56. The van der Waals surface area contributed by atoms with E-state index in [9.17, 15) is 4.79 Å². The van der Waals surface area contributed by atoms with Gasteiger partial charge >= 0.3 is 6.09 Å². The fourth-order valence-corrected chi connectivity index (χ4v) is 1.80. The molecule has 1 amide bonds. The molecule has 2 N–H and O–H groups in total. The molecule has 0 aliphatic rings. The van der Waals surface area contributed by atoms with Crippen LogP contribution in [0, 0.1) is 0 Å². The lowest BCUT2D eigenvalue weighted by Crippen LogP contribution is -2.24. The maximum Gasteiger partial charge on any atom is 0.407 e. The Morgan fingerprint density at radius 2 is 2.05 bits per heavy atom. The largest absolute Gasteiger partial charge is 0.445 e. The van der Waals surface area contributed by atoms with E-state index in [-0.39, 0.29) is 13.2 Å². The van der Waals surface area contributed by atoms with Gasteiger partial charge in [-0.3, -0.25) is 4.98 Å². The highest BCUT2D eigenvalue weighted by Gasteiger charge is 2.00. The maximum atomic E-state index is 11.5. The highest BCUT2D eigenvalue weighted by atomic mass is 16.5. The number of hydrogen-bond donors (Lipinski definition) is 2. The molecule has 2 aromatic rings. The van der Waals surface area contributed by atoms with E-state index in [1.807, 2.05) is 42.5 Å². The summed E-state index contributed by atoms with van der Waals surface area (Å²) in [7, 11) is 0. The fourth-order valence-electron chi connectivity index (χ4n) is 1.80. The fraction of sp³-hybridized carbons (Fsp3) is 0.176. The number of carbonyl (C=O) groups excluding carboxylic acids is 1. The maximum absolute atomic E-state index is 11.5. The summed E-state index contributed by atoms with van der Waals surface area (Å²) in [6.45, 7) is 0.564. The average Bonchev–Trinajstić information content (AvgIpc) is 2.58. The molecule has 0 aliphatic heterocycles. The normalized spacial score (nSPS) is 10.6. The number of benzene rings is 1. The summed E-state index contributed by atoms with van der Waals surface area (Å²) in [5, 5.41) is 11.7. The topological polar surface area (TPSA) is 71.5 Å². The Morgan fingerprint density at radius 1 is 1.23 bits per heavy atom. The highest BCUT2D eigenvalue weighted by Crippen LogP contribution is 2.04. The number of aliphatic hydroxyl groups excluding tert-OH is 1. The molecule has 0 radical (unpaired) electrons. The number of nitrogens with one attached hydrogen (secondary N) is 1. The van der Waals surface area contributed by atoms with Crippen molar-refractivity contribution in [2.24, 2.45) is 0 Å². The molecule has 5 nitrogen and oxygen atoms in total. The quantitative estimate of drug-likeness (QED) is 0.859. The number of hydrogen-bond acceptors (Lipinski definition) is 4. The Labute approximate surface area is 129 Å². The van der Waals surface area contributed by atoms with Crippen LogP contribution in [0.15, 0.2) is 54.9 Å². The summed E-state index contributed by atoms with van der Waals surface area (Å²) in [6.07, 6.45) is 6.45. The van der Waals surface area contributed by atoms with Gasteiger partial charge in [0.15, 0.2) is 0 Å². The second-order valence-electron chi connectivity index (χ2n) is 4.63. The van der Waals surface area contributed by atoms with Crippen molar-refractivity contribution in [2.45, 2.75) is 13.2 Å². The monoisotopic (exact) mass is 298 g/mol. The van der Waals surface area contributed by atoms with E-state index < -0.39 is 6.09 Å². The van der Waals surface area contributed by atoms with Crippen molar-refractivity contribution in [2.75, 3.05) is 6.54 Å². The molecule has 1 aromatic heterocycles. The van der Waals surface area contributed by atoms with Crippen molar-refractivity contribution in [1.29, 1.82) is 0 Å².